The Morgan fingerprint density at radius 1 is 0.545 bits per heavy atom. The van der Waals surface area contributed by atoms with Crippen LogP contribution in [0.25, 0.3) is 22.5 Å². The first-order valence-electron chi connectivity index (χ1n) is 9.40. The minimum atomic E-state index is 0. The summed E-state index contributed by atoms with van der Waals surface area (Å²) in [5.74, 6) is 0.920. The van der Waals surface area contributed by atoms with Crippen LogP contribution in [-0.4, -0.2) is 19.6 Å². The molecule has 12 heteroatoms. The van der Waals surface area contributed by atoms with Crippen molar-refractivity contribution >= 4 is 72.6 Å². The second-order valence-electron chi connectivity index (χ2n) is 6.83. The Bertz CT molecular complexity index is 1040. The van der Waals surface area contributed by atoms with Gasteiger partial charge in [0, 0.05) is 24.2 Å². The van der Waals surface area contributed by atoms with Gasteiger partial charge in [-0.15, -0.1) is 49.6 Å². The molecule has 0 saturated carbocycles. The van der Waals surface area contributed by atoms with Crippen molar-refractivity contribution in [3.8, 4) is 22.5 Å². The third-order valence-corrected chi connectivity index (χ3v) is 4.89. The maximum absolute atomic E-state index is 6.17. The van der Waals surface area contributed by atoms with Gasteiger partial charge >= 0.3 is 0 Å². The van der Waals surface area contributed by atoms with E-state index in [1.54, 1.807) is 9.36 Å². The molecule has 8 nitrogen and oxygen atoms in total. The Hall–Kier alpha value is -2.78. The Kier molecular flexibility index (Phi) is 12.0. The lowest BCUT2D eigenvalue weighted by Gasteiger charge is -2.06. The number of benzene rings is 2. The molecule has 2 aromatic carbocycles. The van der Waals surface area contributed by atoms with Crippen molar-refractivity contribution in [2.24, 2.45) is 0 Å². The third kappa shape index (κ3) is 6.17. The Morgan fingerprint density at radius 3 is 1.21 bits per heavy atom. The molecular formula is C21H28Cl4N8. The molecule has 0 radical (unpaired) electrons. The van der Waals surface area contributed by atoms with E-state index >= 15 is 0 Å². The topological polar surface area (TPSA) is 140 Å². The number of nitrogens with two attached hydrogens (primary N) is 4. The largest absolute Gasteiger partial charge is 0.394 e. The molecule has 0 unspecified atom stereocenters. The fourth-order valence-electron chi connectivity index (χ4n) is 3.31. The van der Waals surface area contributed by atoms with Crippen LogP contribution < -0.4 is 22.9 Å². The van der Waals surface area contributed by atoms with Gasteiger partial charge in [0.05, 0.1) is 0 Å². The smallest absolute Gasteiger partial charge is 0.145 e. The first-order chi connectivity index (χ1) is 14.1. The average molecular weight is 534 g/mol. The van der Waals surface area contributed by atoms with Crippen LogP contribution in [0.3, 0.4) is 0 Å². The number of hydrogen-bond donors (Lipinski definition) is 4. The number of halogens is 4. The number of aromatic nitrogens is 4. The van der Waals surface area contributed by atoms with Gasteiger partial charge in [-0.05, 0) is 6.42 Å². The lowest BCUT2D eigenvalue weighted by Crippen LogP contribution is -2.11. The molecule has 0 spiro atoms. The summed E-state index contributed by atoms with van der Waals surface area (Å²) in [7, 11) is 0. The Labute approximate surface area is 217 Å². The molecule has 0 aliphatic heterocycles. The van der Waals surface area contributed by atoms with Crippen LogP contribution in [0, 0.1) is 0 Å². The molecule has 4 rings (SSSR count). The van der Waals surface area contributed by atoms with E-state index in [0.717, 1.165) is 17.5 Å². The van der Waals surface area contributed by atoms with Gasteiger partial charge in [-0.25, -0.2) is 9.36 Å². The van der Waals surface area contributed by atoms with E-state index in [1.807, 2.05) is 60.7 Å². The predicted octanol–water partition coefficient (Wildman–Crippen LogP) is 4.52. The number of aryl methyl sites for hydroxylation is 2. The normalized spacial score (nSPS) is 9.70. The van der Waals surface area contributed by atoms with Crippen molar-refractivity contribution in [2.75, 3.05) is 22.9 Å². The summed E-state index contributed by atoms with van der Waals surface area (Å²) in [6.07, 6.45) is 0.721. The van der Waals surface area contributed by atoms with Crippen molar-refractivity contribution in [3.63, 3.8) is 0 Å². The predicted molar refractivity (Wildman–Crippen MR) is 147 cm³/mol. The number of nitrogen functional groups attached to an aromatic ring is 4. The van der Waals surface area contributed by atoms with Gasteiger partial charge < -0.3 is 22.9 Å². The monoisotopic (exact) mass is 532 g/mol. The number of rotatable bonds is 6. The SMILES string of the molecule is Cl.Cl.Cl.Cl.Nc1c(-c2ccccc2)nn(CCCn2nc(-c3ccccc3)c(N)c2N)c1N. The molecule has 4 aromatic rings. The number of nitrogens with zero attached hydrogens (tertiary/aromatic N) is 4. The van der Waals surface area contributed by atoms with E-state index in [4.69, 9.17) is 22.9 Å². The van der Waals surface area contributed by atoms with Gasteiger partial charge in [-0.3, -0.25) is 0 Å². The number of hydrogen-bond acceptors (Lipinski definition) is 6. The van der Waals surface area contributed by atoms with Crippen molar-refractivity contribution in [3.05, 3.63) is 60.7 Å². The summed E-state index contributed by atoms with van der Waals surface area (Å²) in [5.41, 5.74) is 28.9. The molecule has 0 atom stereocenters. The number of anilines is 4. The fourth-order valence-corrected chi connectivity index (χ4v) is 3.31. The molecule has 33 heavy (non-hydrogen) atoms. The van der Waals surface area contributed by atoms with Crippen molar-refractivity contribution < 1.29 is 0 Å². The standard InChI is InChI=1S/C21H24N8.4ClH/c22-16-18(14-8-3-1-4-9-14)26-28(20(16)24)12-7-13-29-21(25)17(23)19(27-29)15-10-5-2-6-11-15;;;;/h1-6,8-11H,7,12-13,22-25H2;4*1H. The van der Waals surface area contributed by atoms with Gasteiger partial charge in [0.25, 0.3) is 0 Å². The van der Waals surface area contributed by atoms with Crippen molar-refractivity contribution in [2.45, 2.75) is 19.5 Å². The molecule has 8 N–H and O–H groups in total. The minimum absolute atomic E-state index is 0. The van der Waals surface area contributed by atoms with Crippen LogP contribution >= 0.6 is 49.6 Å². The molecule has 0 saturated heterocycles. The van der Waals surface area contributed by atoms with Gasteiger partial charge in [0.2, 0.25) is 0 Å². The summed E-state index contributed by atoms with van der Waals surface area (Å²) >= 11 is 0. The molecule has 2 aromatic heterocycles. The fraction of sp³-hybridized carbons (Fsp3) is 0.143. The van der Waals surface area contributed by atoms with Gasteiger partial charge in [-0.1, -0.05) is 60.7 Å². The highest BCUT2D eigenvalue weighted by Crippen LogP contribution is 2.31. The van der Waals surface area contributed by atoms with Crippen LogP contribution in [0.5, 0.6) is 0 Å². The highest BCUT2D eigenvalue weighted by Gasteiger charge is 2.16. The maximum atomic E-state index is 6.17. The third-order valence-electron chi connectivity index (χ3n) is 4.89. The van der Waals surface area contributed by atoms with Gasteiger partial charge in [-0.2, -0.15) is 10.2 Å². The molecule has 180 valence electrons. The molecular weight excluding hydrogens is 506 g/mol. The Morgan fingerprint density at radius 2 is 0.879 bits per heavy atom. The molecule has 0 bridgehead atoms. The van der Waals surface area contributed by atoms with E-state index < -0.39 is 0 Å². The summed E-state index contributed by atoms with van der Waals surface area (Å²) in [4.78, 5) is 0. The van der Waals surface area contributed by atoms with Crippen molar-refractivity contribution in [1.29, 1.82) is 0 Å². The lowest BCUT2D eigenvalue weighted by molar-refractivity contribution is 0.510. The molecule has 0 aliphatic rings. The zero-order valence-corrected chi connectivity index (χ0v) is 20.9. The molecule has 0 aliphatic carbocycles. The van der Waals surface area contributed by atoms with E-state index in [9.17, 15) is 0 Å². The quantitative estimate of drug-likeness (QED) is 0.287. The minimum Gasteiger partial charge on any atom is -0.394 e. The average Bonchev–Trinajstić information content (AvgIpc) is 3.20. The molecule has 0 fully saturated rings. The van der Waals surface area contributed by atoms with Crippen LogP contribution in [0.2, 0.25) is 0 Å². The lowest BCUT2D eigenvalue weighted by atomic mass is 10.1. The highest BCUT2D eigenvalue weighted by molar-refractivity contribution is 5.86. The summed E-state index contributed by atoms with van der Waals surface area (Å²) in [6.45, 7) is 1.17. The first kappa shape index (κ1) is 30.2. The van der Waals surface area contributed by atoms with E-state index in [-0.39, 0.29) is 49.6 Å². The van der Waals surface area contributed by atoms with E-state index in [0.29, 0.717) is 47.5 Å². The maximum Gasteiger partial charge on any atom is 0.145 e. The Balaban J connectivity index is 0.00000256. The van der Waals surface area contributed by atoms with Crippen LogP contribution in [0.4, 0.5) is 23.0 Å². The highest BCUT2D eigenvalue weighted by atomic mass is 35.5. The summed E-state index contributed by atoms with van der Waals surface area (Å²) in [5, 5.41) is 9.17. The van der Waals surface area contributed by atoms with Crippen molar-refractivity contribution in [1.82, 2.24) is 19.6 Å². The van der Waals surface area contributed by atoms with Crippen LogP contribution in [0.1, 0.15) is 6.42 Å². The zero-order chi connectivity index (χ0) is 20.4. The molecule has 0 amide bonds. The summed E-state index contributed by atoms with van der Waals surface area (Å²) in [6, 6.07) is 19.5. The zero-order valence-electron chi connectivity index (χ0n) is 17.6. The second-order valence-corrected chi connectivity index (χ2v) is 6.83. The van der Waals surface area contributed by atoms with E-state index in [1.165, 1.54) is 0 Å². The summed E-state index contributed by atoms with van der Waals surface area (Å²) < 4.78 is 3.44. The first-order valence-corrected chi connectivity index (χ1v) is 9.40. The van der Waals surface area contributed by atoms with Crippen LogP contribution in [0.15, 0.2) is 60.7 Å². The van der Waals surface area contributed by atoms with Crippen LogP contribution in [-0.2, 0) is 13.1 Å². The molecule has 2 heterocycles. The van der Waals surface area contributed by atoms with E-state index in [2.05, 4.69) is 10.2 Å². The second kappa shape index (κ2) is 13.1. The van der Waals surface area contributed by atoms with Gasteiger partial charge in [0.15, 0.2) is 0 Å². The van der Waals surface area contributed by atoms with Gasteiger partial charge in [0.1, 0.15) is 34.4 Å².